The number of benzene rings is 1. The summed E-state index contributed by atoms with van der Waals surface area (Å²) in [7, 11) is 1.98. The molecule has 0 radical (unpaired) electrons. The zero-order chi connectivity index (χ0) is 14.4. The van der Waals surface area contributed by atoms with Gasteiger partial charge in [0.15, 0.2) is 0 Å². The minimum Gasteiger partial charge on any atom is -0.316 e. The van der Waals surface area contributed by atoms with E-state index in [0.29, 0.717) is 12.0 Å². The molecule has 0 aromatic heterocycles. The molecule has 1 fully saturated rings. The minimum absolute atomic E-state index is 0.251. The molecule has 110 valence electrons. The first kappa shape index (κ1) is 15.0. The second-order valence-corrected chi connectivity index (χ2v) is 5.74. The summed E-state index contributed by atoms with van der Waals surface area (Å²) in [6.45, 7) is 0. The van der Waals surface area contributed by atoms with Crippen LogP contribution in [0, 0.1) is 16.0 Å². The largest absolute Gasteiger partial charge is 0.316 e. The minimum atomic E-state index is -0.269. The summed E-state index contributed by atoms with van der Waals surface area (Å²) < 4.78 is 0. The van der Waals surface area contributed by atoms with Crippen LogP contribution in [0.25, 0.3) is 0 Å². The van der Waals surface area contributed by atoms with Gasteiger partial charge in [-0.15, -0.1) is 0 Å². The number of rotatable bonds is 5. The molecule has 1 saturated carbocycles. The van der Waals surface area contributed by atoms with Crippen molar-refractivity contribution in [1.29, 1.82) is 0 Å². The zero-order valence-electron chi connectivity index (χ0n) is 12.2. The lowest BCUT2D eigenvalue weighted by Gasteiger charge is -2.25. The van der Waals surface area contributed by atoms with Crippen LogP contribution in [0.1, 0.15) is 44.1 Å². The van der Waals surface area contributed by atoms with Crippen molar-refractivity contribution in [2.75, 3.05) is 7.05 Å². The molecule has 4 nitrogen and oxygen atoms in total. The van der Waals surface area contributed by atoms with E-state index in [9.17, 15) is 10.1 Å². The van der Waals surface area contributed by atoms with Gasteiger partial charge >= 0.3 is 0 Å². The van der Waals surface area contributed by atoms with Crippen LogP contribution in [-0.2, 0) is 6.42 Å². The van der Waals surface area contributed by atoms with Crippen LogP contribution in [-0.4, -0.2) is 18.0 Å². The molecule has 1 atom stereocenters. The highest BCUT2D eigenvalue weighted by Crippen LogP contribution is 2.29. The summed E-state index contributed by atoms with van der Waals surface area (Å²) in [6.07, 6.45) is 8.48. The van der Waals surface area contributed by atoms with E-state index in [2.05, 4.69) is 5.32 Å². The van der Waals surface area contributed by atoms with Crippen molar-refractivity contribution < 1.29 is 4.92 Å². The molecule has 1 aromatic carbocycles. The average Bonchev–Trinajstić information content (AvgIpc) is 2.74. The Balaban J connectivity index is 2.11. The number of hydrogen-bond donors (Lipinski definition) is 1. The van der Waals surface area contributed by atoms with Gasteiger partial charge in [-0.1, -0.05) is 43.9 Å². The Morgan fingerprint density at radius 1 is 1.25 bits per heavy atom. The number of nitrogens with zero attached hydrogens (tertiary/aromatic N) is 1. The van der Waals surface area contributed by atoms with E-state index in [1.165, 1.54) is 38.5 Å². The zero-order valence-corrected chi connectivity index (χ0v) is 12.2. The lowest BCUT2D eigenvalue weighted by molar-refractivity contribution is -0.385. The Labute approximate surface area is 120 Å². The van der Waals surface area contributed by atoms with Gasteiger partial charge in [-0.2, -0.15) is 0 Å². The summed E-state index contributed by atoms with van der Waals surface area (Å²) in [4.78, 5) is 10.8. The molecule has 0 aliphatic heterocycles. The predicted octanol–water partition coefficient (Wildman–Crippen LogP) is 3.70. The Kier molecular flexibility index (Phi) is 5.53. The molecule has 1 aromatic rings. The Bertz CT molecular complexity index is 440. The van der Waals surface area contributed by atoms with Gasteiger partial charge in [0.25, 0.3) is 5.69 Å². The topological polar surface area (TPSA) is 55.2 Å². The van der Waals surface area contributed by atoms with Crippen molar-refractivity contribution in [3.63, 3.8) is 0 Å². The van der Waals surface area contributed by atoms with Gasteiger partial charge in [0, 0.05) is 17.7 Å². The molecule has 0 heterocycles. The van der Waals surface area contributed by atoms with E-state index in [1.807, 2.05) is 19.2 Å². The van der Waals surface area contributed by atoms with Gasteiger partial charge in [0.1, 0.15) is 0 Å². The van der Waals surface area contributed by atoms with Gasteiger partial charge in [0.05, 0.1) is 4.92 Å². The first-order valence-electron chi connectivity index (χ1n) is 7.62. The maximum atomic E-state index is 11.1. The Hall–Kier alpha value is -1.42. The first-order chi connectivity index (χ1) is 9.72. The van der Waals surface area contributed by atoms with Gasteiger partial charge in [0.2, 0.25) is 0 Å². The number of para-hydroxylation sites is 1. The summed E-state index contributed by atoms with van der Waals surface area (Å²) in [5, 5.41) is 14.5. The van der Waals surface area contributed by atoms with Crippen LogP contribution in [0.5, 0.6) is 0 Å². The second-order valence-electron chi connectivity index (χ2n) is 5.74. The Morgan fingerprint density at radius 3 is 2.50 bits per heavy atom. The number of hydrogen-bond acceptors (Lipinski definition) is 3. The molecule has 0 saturated heterocycles. The number of nitro benzene ring substituents is 1. The maximum Gasteiger partial charge on any atom is 0.272 e. The molecule has 0 amide bonds. The molecule has 1 aliphatic rings. The van der Waals surface area contributed by atoms with Crippen LogP contribution in [0.3, 0.4) is 0 Å². The monoisotopic (exact) mass is 276 g/mol. The van der Waals surface area contributed by atoms with E-state index in [4.69, 9.17) is 0 Å². The van der Waals surface area contributed by atoms with Gasteiger partial charge in [-0.25, -0.2) is 0 Å². The van der Waals surface area contributed by atoms with E-state index in [0.717, 1.165) is 12.0 Å². The highest BCUT2D eigenvalue weighted by Gasteiger charge is 2.24. The van der Waals surface area contributed by atoms with Crippen LogP contribution in [0.2, 0.25) is 0 Å². The van der Waals surface area contributed by atoms with Crippen molar-refractivity contribution >= 4 is 5.69 Å². The summed E-state index contributed by atoms with van der Waals surface area (Å²) in [5.41, 5.74) is 1.10. The molecule has 2 rings (SSSR count). The van der Waals surface area contributed by atoms with Crippen LogP contribution in [0.15, 0.2) is 24.3 Å². The molecule has 1 unspecified atom stereocenters. The number of nitro groups is 1. The summed E-state index contributed by atoms with van der Waals surface area (Å²) in [6, 6.07) is 7.46. The lowest BCUT2D eigenvalue weighted by Crippen LogP contribution is -2.35. The third-order valence-electron chi connectivity index (χ3n) is 4.47. The first-order valence-corrected chi connectivity index (χ1v) is 7.62. The van der Waals surface area contributed by atoms with Crippen molar-refractivity contribution in [2.45, 2.75) is 51.0 Å². The third kappa shape index (κ3) is 3.79. The lowest BCUT2D eigenvalue weighted by atomic mass is 9.87. The molecular weight excluding hydrogens is 252 g/mol. The molecule has 20 heavy (non-hydrogen) atoms. The molecule has 0 spiro atoms. The normalized spacial score (nSPS) is 18.4. The molecule has 0 bridgehead atoms. The fourth-order valence-electron chi connectivity index (χ4n) is 3.32. The fourth-order valence-corrected chi connectivity index (χ4v) is 3.32. The summed E-state index contributed by atoms with van der Waals surface area (Å²) in [5.74, 6) is 0.641. The SMILES string of the molecule is CNC(Cc1ccccc1[N+](=O)[O-])C1CCCCCC1. The van der Waals surface area contributed by atoms with Crippen molar-refractivity contribution in [2.24, 2.45) is 5.92 Å². The number of likely N-dealkylation sites (N-methyl/N-ethyl adjacent to an activating group) is 1. The molecule has 4 heteroatoms. The smallest absolute Gasteiger partial charge is 0.272 e. The highest BCUT2D eigenvalue weighted by molar-refractivity contribution is 5.40. The van der Waals surface area contributed by atoms with Crippen molar-refractivity contribution in [1.82, 2.24) is 5.32 Å². The summed E-state index contributed by atoms with van der Waals surface area (Å²) >= 11 is 0. The van der Waals surface area contributed by atoms with Crippen LogP contribution < -0.4 is 5.32 Å². The second kappa shape index (κ2) is 7.39. The van der Waals surface area contributed by atoms with Gasteiger partial charge < -0.3 is 5.32 Å². The van der Waals surface area contributed by atoms with E-state index in [-0.39, 0.29) is 10.6 Å². The molecule has 1 aliphatic carbocycles. The highest BCUT2D eigenvalue weighted by atomic mass is 16.6. The van der Waals surface area contributed by atoms with E-state index in [1.54, 1.807) is 12.1 Å². The van der Waals surface area contributed by atoms with Crippen molar-refractivity contribution in [3.8, 4) is 0 Å². The van der Waals surface area contributed by atoms with Crippen molar-refractivity contribution in [3.05, 3.63) is 39.9 Å². The quantitative estimate of drug-likeness (QED) is 0.507. The van der Waals surface area contributed by atoms with Crippen LogP contribution >= 0.6 is 0 Å². The average molecular weight is 276 g/mol. The Morgan fingerprint density at radius 2 is 1.90 bits per heavy atom. The maximum absolute atomic E-state index is 11.1. The van der Waals surface area contributed by atoms with Gasteiger partial charge in [-0.3, -0.25) is 10.1 Å². The standard InChI is InChI=1S/C16H24N2O2/c1-17-15(13-8-4-2-3-5-9-13)12-14-10-6-7-11-16(14)18(19)20/h6-7,10-11,13,15,17H,2-5,8-9,12H2,1H3. The fraction of sp³-hybridized carbons (Fsp3) is 0.625. The number of nitrogens with one attached hydrogen (secondary N) is 1. The van der Waals surface area contributed by atoms with Gasteiger partial charge in [-0.05, 0) is 32.2 Å². The molecular formula is C16H24N2O2. The van der Waals surface area contributed by atoms with E-state index < -0.39 is 0 Å². The van der Waals surface area contributed by atoms with Crippen LogP contribution in [0.4, 0.5) is 5.69 Å². The van der Waals surface area contributed by atoms with E-state index >= 15 is 0 Å². The predicted molar refractivity (Wildman–Crippen MR) is 80.8 cm³/mol. The molecule has 1 N–H and O–H groups in total. The third-order valence-corrected chi connectivity index (χ3v) is 4.47.